The standard InChI is InChI=1S/C20H13N3O3/c1-22-19-15-9-5-3-7-13(15)12-6-2-4-8-14(12)18(19)21-20(22)16-10-11-17(26-16)23(24)25/h2-11H,1H3. The number of rotatable bonds is 2. The van der Waals surface area contributed by atoms with Gasteiger partial charge in [0.2, 0.25) is 0 Å². The fraction of sp³-hybridized carbons (Fsp3) is 0.0500. The van der Waals surface area contributed by atoms with Gasteiger partial charge in [0.15, 0.2) is 11.6 Å². The van der Waals surface area contributed by atoms with Crippen LogP contribution >= 0.6 is 0 Å². The van der Waals surface area contributed by atoms with Crippen molar-refractivity contribution in [3.05, 3.63) is 70.8 Å². The Bertz CT molecular complexity index is 1330. The first-order valence-electron chi connectivity index (χ1n) is 8.15. The van der Waals surface area contributed by atoms with Gasteiger partial charge in [-0.05, 0) is 16.8 Å². The maximum Gasteiger partial charge on any atom is 0.433 e. The summed E-state index contributed by atoms with van der Waals surface area (Å²) in [5.41, 5.74) is 1.84. The van der Waals surface area contributed by atoms with Gasteiger partial charge in [0, 0.05) is 17.8 Å². The SMILES string of the molecule is Cn1c(-c2ccc([N+](=O)[O-])o2)nc2c3ccccc3c3ccccc3c21. The molecule has 5 rings (SSSR count). The Kier molecular flexibility index (Phi) is 2.91. The Morgan fingerprint density at radius 3 is 2.19 bits per heavy atom. The first kappa shape index (κ1) is 14.7. The van der Waals surface area contributed by atoms with Crippen LogP contribution in [0.15, 0.2) is 65.1 Å². The quantitative estimate of drug-likeness (QED) is 0.255. The topological polar surface area (TPSA) is 74.1 Å². The molecule has 126 valence electrons. The van der Waals surface area contributed by atoms with Gasteiger partial charge in [-0.15, -0.1) is 0 Å². The Balaban J connectivity index is 1.94. The van der Waals surface area contributed by atoms with Crippen LogP contribution in [0.4, 0.5) is 5.88 Å². The van der Waals surface area contributed by atoms with Crippen molar-refractivity contribution in [3.8, 4) is 11.6 Å². The summed E-state index contributed by atoms with van der Waals surface area (Å²) in [6.07, 6.45) is 0. The average Bonchev–Trinajstić information content (AvgIpc) is 3.27. The fourth-order valence-corrected chi connectivity index (χ4v) is 3.61. The van der Waals surface area contributed by atoms with Crippen molar-refractivity contribution in [1.29, 1.82) is 0 Å². The predicted octanol–water partition coefficient (Wildman–Crippen LogP) is 5.05. The lowest BCUT2D eigenvalue weighted by molar-refractivity contribution is -0.401. The zero-order chi connectivity index (χ0) is 17.8. The van der Waals surface area contributed by atoms with E-state index in [4.69, 9.17) is 9.40 Å². The minimum absolute atomic E-state index is 0.290. The van der Waals surface area contributed by atoms with Gasteiger partial charge in [0.1, 0.15) is 4.92 Å². The van der Waals surface area contributed by atoms with Crippen LogP contribution in [0.25, 0.3) is 44.2 Å². The van der Waals surface area contributed by atoms with E-state index in [9.17, 15) is 10.1 Å². The molecule has 0 unspecified atom stereocenters. The van der Waals surface area contributed by atoms with Crippen molar-refractivity contribution < 1.29 is 9.34 Å². The van der Waals surface area contributed by atoms with E-state index >= 15 is 0 Å². The van der Waals surface area contributed by atoms with Crippen LogP contribution in [0, 0.1) is 10.1 Å². The van der Waals surface area contributed by atoms with Crippen LogP contribution in [0.2, 0.25) is 0 Å². The lowest BCUT2D eigenvalue weighted by atomic mass is 10.00. The zero-order valence-electron chi connectivity index (χ0n) is 13.8. The lowest BCUT2D eigenvalue weighted by Crippen LogP contribution is -1.92. The first-order chi connectivity index (χ1) is 12.6. The largest absolute Gasteiger partial charge is 0.433 e. The fourth-order valence-electron chi connectivity index (χ4n) is 3.61. The normalized spacial score (nSPS) is 11.6. The number of fused-ring (bicyclic) bond motifs is 6. The van der Waals surface area contributed by atoms with Gasteiger partial charge >= 0.3 is 5.88 Å². The monoisotopic (exact) mass is 343 g/mol. The highest BCUT2D eigenvalue weighted by Crippen LogP contribution is 2.37. The number of nitrogens with zero attached hydrogens (tertiary/aromatic N) is 3. The number of furan rings is 1. The smallest absolute Gasteiger partial charge is 0.397 e. The Hall–Kier alpha value is -3.67. The molecule has 2 heterocycles. The van der Waals surface area contributed by atoms with E-state index in [0.717, 1.165) is 32.6 Å². The number of hydrogen-bond acceptors (Lipinski definition) is 4. The van der Waals surface area contributed by atoms with Gasteiger partial charge in [0.05, 0.1) is 17.1 Å². The van der Waals surface area contributed by atoms with Crippen molar-refractivity contribution in [3.63, 3.8) is 0 Å². The van der Waals surface area contributed by atoms with E-state index in [-0.39, 0.29) is 5.88 Å². The summed E-state index contributed by atoms with van der Waals surface area (Å²) in [5.74, 6) is 0.653. The molecule has 0 N–H and O–H groups in total. The van der Waals surface area contributed by atoms with Crippen LogP contribution in [-0.4, -0.2) is 14.5 Å². The number of aromatic nitrogens is 2. The van der Waals surface area contributed by atoms with Crippen molar-refractivity contribution >= 4 is 38.5 Å². The highest BCUT2D eigenvalue weighted by Gasteiger charge is 2.20. The minimum atomic E-state index is -0.545. The second-order valence-corrected chi connectivity index (χ2v) is 6.18. The molecule has 3 aromatic carbocycles. The van der Waals surface area contributed by atoms with E-state index in [1.165, 1.54) is 6.07 Å². The molecule has 5 aromatic rings. The highest BCUT2D eigenvalue weighted by molar-refractivity contribution is 6.23. The molecule has 0 fully saturated rings. The second-order valence-electron chi connectivity index (χ2n) is 6.18. The number of benzene rings is 3. The molecule has 0 saturated carbocycles. The van der Waals surface area contributed by atoms with Gasteiger partial charge in [0.25, 0.3) is 0 Å². The molecule has 0 aliphatic rings. The van der Waals surface area contributed by atoms with E-state index in [1.54, 1.807) is 6.07 Å². The number of imidazole rings is 1. The maximum atomic E-state index is 10.9. The molecular weight excluding hydrogens is 330 g/mol. The Morgan fingerprint density at radius 2 is 1.54 bits per heavy atom. The maximum absolute atomic E-state index is 10.9. The number of hydrogen-bond donors (Lipinski definition) is 0. The summed E-state index contributed by atoms with van der Waals surface area (Å²) < 4.78 is 7.32. The first-order valence-corrected chi connectivity index (χ1v) is 8.15. The Labute approximate surface area is 147 Å². The van der Waals surface area contributed by atoms with E-state index in [1.807, 2.05) is 41.9 Å². The zero-order valence-corrected chi connectivity index (χ0v) is 13.8. The third-order valence-electron chi connectivity index (χ3n) is 4.74. The van der Waals surface area contributed by atoms with E-state index in [2.05, 4.69) is 18.2 Å². The van der Waals surface area contributed by atoms with Crippen LogP contribution in [-0.2, 0) is 7.05 Å². The second kappa shape index (κ2) is 5.16. The molecule has 6 nitrogen and oxygen atoms in total. The molecule has 0 spiro atoms. The summed E-state index contributed by atoms with van der Waals surface area (Å²) in [5, 5.41) is 15.3. The molecule has 2 aromatic heterocycles. The van der Waals surface area contributed by atoms with E-state index in [0.29, 0.717) is 11.6 Å². The predicted molar refractivity (Wildman–Crippen MR) is 100 cm³/mol. The summed E-state index contributed by atoms with van der Waals surface area (Å²) in [6, 6.07) is 19.3. The van der Waals surface area contributed by atoms with Crippen LogP contribution in [0.3, 0.4) is 0 Å². The van der Waals surface area contributed by atoms with Crippen molar-refractivity contribution in [2.24, 2.45) is 7.05 Å². The molecule has 0 aliphatic heterocycles. The molecule has 6 heteroatoms. The molecule has 0 bridgehead atoms. The third-order valence-corrected chi connectivity index (χ3v) is 4.74. The van der Waals surface area contributed by atoms with Gasteiger partial charge < -0.3 is 8.98 Å². The number of aryl methyl sites for hydroxylation is 1. The van der Waals surface area contributed by atoms with Gasteiger partial charge in [-0.1, -0.05) is 48.5 Å². The summed E-state index contributed by atoms with van der Waals surface area (Å²) in [6.45, 7) is 0. The minimum Gasteiger partial charge on any atom is -0.397 e. The van der Waals surface area contributed by atoms with Gasteiger partial charge in [-0.2, -0.15) is 0 Å². The molecule has 0 aliphatic carbocycles. The van der Waals surface area contributed by atoms with Crippen LogP contribution < -0.4 is 0 Å². The van der Waals surface area contributed by atoms with Crippen LogP contribution in [0.1, 0.15) is 0 Å². The third kappa shape index (κ3) is 1.89. The van der Waals surface area contributed by atoms with Crippen molar-refractivity contribution in [2.45, 2.75) is 0 Å². The Morgan fingerprint density at radius 1 is 0.923 bits per heavy atom. The van der Waals surface area contributed by atoms with Crippen LogP contribution in [0.5, 0.6) is 0 Å². The number of nitro groups is 1. The molecule has 0 amide bonds. The highest BCUT2D eigenvalue weighted by atomic mass is 16.6. The lowest BCUT2D eigenvalue weighted by Gasteiger charge is -2.07. The molecule has 0 atom stereocenters. The van der Waals surface area contributed by atoms with Gasteiger partial charge in [-0.3, -0.25) is 10.1 Å². The molecule has 26 heavy (non-hydrogen) atoms. The van der Waals surface area contributed by atoms with E-state index < -0.39 is 4.92 Å². The molecule has 0 radical (unpaired) electrons. The molecular formula is C20H13N3O3. The van der Waals surface area contributed by atoms with Crippen molar-refractivity contribution in [1.82, 2.24) is 9.55 Å². The summed E-state index contributed by atoms with van der Waals surface area (Å²) >= 11 is 0. The summed E-state index contributed by atoms with van der Waals surface area (Å²) in [4.78, 5) is 15.2. The van der Waals surface area contributed by atoms with Crippen molar-refractivity contribution in [2.75, 3.05) is 0 Å². The van der Waals surface area contributed by atoms with Gasteiger partial charge in [-0.25, -0.2) is 4.98 Å². The average molecular weight is 343 g/mol. The summed E-state index contributed by atoms with van der Waals surface area (Å²) in [7, 11) is 1.90. The molecule has 0 saturated heterocycles.